The van der Waals surface area contributed by atoms with E-state index in [9.17, 15) is 14.4 Å². The minimum Gasteiger partial charge on any atom is -0.354 e. The summed E-state index contributed by atoms with van der Waals surface area (Å²) in [5.74, 6) is 0.565. The third-order valence-corrected chi connectivity index (χ3v) is 5.82. The van der Waals surface area contributed by atoms with Gasteiger partial charge in [-0.25, -0.2) is 4.79 Å². The zero-order valence-electron chi connectivity index (χ0n) is 16.0. The van der Waals surface area contributed by atoms with Crippen molar-refractivity contribution >= 4 is 11.7 Å². The summed E-state index contributed by atoms with van der Waals surface area (Å²) in [4.78, 5) is 44.4. The fourth-order valence-corrected chi connectivity index (χ4v) is 4.26. The van der Waals surface area contributed by atoms with E-state index in [0.717, 1.165) is 25.7 Å². The van der Waals surface area contributed by atoms with Crippen molar-refractivity contribution in [3.05, 3.63) is 62.8 Å². The van der Waals surface area contributed by atoms with Crippen LogP contribution in [-0.2, 0) is 0 Å². The second-order valence-corrected chi connectivity index (χ2v) is 7.61. The molecule has 2 aromatic rings. The maximum absolute atomic E-state index is 12.6. The average molecular weight is 382 g/mol. The normalized spacial score (nSPS) is 18.3. The minimum absolute atomic E-state index is 0.0133. The van der Waals surface area contributed by atoms with Crippen LogP contribution in [0, 0.1) is 0 Å². The maximum atomic E-state index is 12.6. The summed E-state index contributed by atoms with van der Waals surface area (Å²) < 4.78 is 1.39. The van der Waals surface area contributed by atoms with Gasteiger partial charge in [-0.3, -0.25) is 19.1 Å². The van der Waals surface area contributed by atoms with Crippen LogP contribution in [0.3, 0.4) is 0 Å². The summed E-state index contributed by atoms with van der Waals surface area (Å²) in [5.41, 5.74) is 0.130. The number of piperazine rings is 1. The van der Waals surface area contributed by atoms with E-state index in [1.807, 2.05) is 40.1 Å². The lowest BCUT2D eigenvalue weighted by Gasteiger charge is -2.35. The van der Waals surface area contributed by atoms with Gasteiger partial charge in [-0.2, -0.15) is 0 Å². The lowest BCUT2D eigenvalue weighted by Crippen LogP contribution is -2.50. The zero-order chi connectivity index (χ0) is 19.5. The molecule has 148 valence electrons. The van der Waals surface area contributed by atoms with Crippen LogP contribution in [0.4, 0.5) is 5.82 Å². The Bertz CT molecular complexity index is 905. The monoisotopic (exact) mass is 382 g/mol. The average Bonchev–Trinajstić information content (AvgIpc) is 2.74. The highest BCUT2D eigenvalue weighted by Gasteiger charge is 2.24. The largest absolute Gasteiger partial charge is 0.354 e. The number of anilines is 1. The fraction of sp³-hybridized carbons (Fsp3) is 0.476. The first-order chi connectivity index (χ1) is 13.6. The molecule has 2 aliphatic rings. The second-order valence-electron chi connectivity index (χ2n) is 7.61. The van der Waals surface area contributed by atoms with Crippen molar-refractivity contribution in [2.75, 3.05) is 31.1 Å². The highest BCUT2D eigenvalue weighted by Crippen LogP contribution is 2.26. The Morgan fingerprint density at radius 1 is 0.929 bits per heavy atom. The molecule has 7 heteroatoms. The number of hydrogen-bond acceptors (Lipinski definition) is 4. The Hall–Kier alpha value is -2.83. The summed E-state index contributed by atoms with van der Waals surface area (Å²) in [6, 6.07) is 10.8. The molecule has 0 unspecified atom stereocenters. The maximum Gasteiger partial charge on any atom is 0.330 e. The predicted molar refractivity (Wildman–Crippen MR) is 108 cm³/mol. The van der Waals surface area contributed by atoms with E-state index in [1.54, 1.807) is 0 Å². The molecule has 0 spiro atoms. The number of H-pyrrole nitrogens is 1. The SMILES string of the molecule is O=C(c1ccccc1)N1CCN(c2cc(=O)n(C3CCCCC3)c(=O)[nH]2)CC1. The first kappa shape index (κ1) is 18.5. The number of rotatable bonds is 3. The summed E-state index contributed by atoms with van der Waals surface area (Å²) in [6.07, 6.45) is 5.09. The fourth-order valence-electron chi connectivity index (χ4n) is 4.26. The molecule has 1 saturated heterocycles. The standard InChI is InChI=1S/C21H26N4O3/c26-19-15-18(22-21(28)25(19)17-9-5-2-6-10-17)23-11-13-24(14-12-23)20(27)16-7-3-1-4-8-16/h1,3-4,7-8,15,17H,2,5-6,9-14H2,(H,22,28). The number of carbonyl (C=O) groups is 1. The molecule has 4 rings (SSSR count). The zero-order valence-corrected chi connectivity index (χ0v) is 16.0. The van der Waals surface area contributed by atoms with Gasteiger partial charge in [0.25, 0.3) is 11.5 Å². The van der Waals surface area contributed by atoms with Crippen molar-refractivity contribution in [2.24, 2.45) is 0 Å². The number of nitrogens with one attached hydrogen (secondary N) is 1. The molecule has 0 radical (unpaired) electrons. The molecule has 1 aliphatic carbocycles. The third-order valence-electron chi connectivity index (χ3n) is 5.82. The van der Waals surface area contributed by atoms with Gasteiger partial charge >= 0.3 is 5.69 Å². The van der Waals surface area contributed by atoms with Gasteiger partial charge in [0.2, 0.25) is 0 Å². The number of amides is 1. The van der Waals surface area contributed by atoms with Crippen LogP contribution in [0.15, 0.2) is 46.0 Å². The number of nitrogens with zero attached hydrogens (tertiary/aromatic N) is 3. The number of hydrogen-bond donors (Lipinski definition) is 1. The van der Waals surface area contributed by atoms with Crippen LogP contribution in [0.2, 0.25) is 0 Å². The highest BCUT2D eigenvalue weighted by atomic mass is 16.2. The summed E-state index contributed by atoms with van der Waals surface area (Å²) >= 11 is 0. The van der Waals surface area contributed by atoms with Crippen molar-refractivity contribution in [2.45, 2.75) is 38.1 Å². The van der Waals surface area contributed by atoms with Gasteiger partial charge < -0.3 is 9.80 Å². The van der Waals surface area contributed by atoms with Gasteiger partial charge in [-0.05, 0) is 25.0 Å². The van der Waals surface area contributed by atoms with E-state index in [0.29, 0.717) is 37.6 Å². The summed E-state index contributed by atoms with van der Waals surface area (Å²) in [5, 5.41) is 0. The topological polar surface area (TPSA) is 78.4 Å². The highest BCUT2D eigenvalue weighted by molar-refractivity contribution is 5.94. The van der Waals surface area contributed by atoms with Gasteiger partial charge in [-0.1, -0.05) is 37.5 Å². The van der Waals surface area contributed by atoms with Crippen molar-refractivity contribution in [3.63, 3.8) is 0 Å². The third kappa shape index (κ3) is 3.74. The Kier molecular flexibility index (Phi) is 5.32. The predicted octanol–water partition coefficient (Wildman–Crippen LogP) is 2.00. The number of benzene rings is 1. The van der Waals surface area contributed by atoms with Crippen LogP contribution < -0.4 is 16.1 Å². The molecule has 2 fully saturated rings. The second kappa shape index (κ2) is 8.04. The Labute approximate surface area is 163 Å². The van der Waals surface area contributed by atoms with Crippen molar-refractivity contribution in [1.82, 2.24) is 14.5 Å². The van der Waals surface area contributed by atoms with E-state index in [2.05, 4.69) is 4.98 Å². The first-order valence-corrected chi connectivity index (χ1v) is 10.1. The van der Waals surface area contributed by atoms with Gasteiger partial charge in [0, 0.05) is 43.9 Å². The molecule has 0 bridgehead atoms. The Morgan fingerprint density at radius 3 is 2.25 bits per heavy atom. The molecular formula is C21H26N4O3. The molecule has 0 atom stereocenters. The molecule has 1 aromatic heterocycles. The van der Waals surface area contributed by atoms with Crippen molar-refractivity contribution in [3.8, 4) is 0 Å². The molecule has 1 aliphatic heterocycles. The van der Waals surface area contributed by atoms with Crippen LogP contribution in [-0.4, -0.2) is 46.5 Å². The lowest BCUT2D eigenvalue weighted by molar-refractivity contribution is 0.0746. The van der Waals surface area contributed by atoms with Crippen LogP contribution in [0.5, 0.6) is 0 Å². The van der Waals surface area contributed by atoms with E-state index < -0.39 is 0 Å². The van der Waals surface area contributed by atoms with E-state index in [-0.39, 0.29) is 23.2 Å². The molecule has 7 nitrogen and oxygen atoms in total. The van der Waals surface area contributed by atoms with Crippen LogP contribution >= 0.6 is 0 Å². The summed E-state index contributed by atoms with van der Waals surface area (Å²) in [6.45, 7) is 2.28. The Morgan fingerprint density at radius 2 is 1.61 bits per heavy atom. The molecule has 1 N–H and O–H groups in total. The molecular weight excluding hydrogens is 356 g/mol. The van der Waals surface area contributed by atoms with Gasteiger partial charge in [-0.15, -0.1) is 0 Å². The van der Waals surface area contributed by atoms with Crippen LogP contribution in [0.1, 0.15) is 48.5 Å². The molecule has 2 heterocycles. The van der Waals surface area contributed by atoms with Gasteiger partial charge in [0.15, 0.2) is 0 Å². The quantitative estimate of drug-likeness (QED) is 0.881. The van der Waals surface area contributed by atoms with Gasteiger partial charge in [0.05, 0.1) is 0 Å². The van der Waals surface area contributed by atoms with E-state index in [4.69, 9.17) is 0 Å². The van der Waals surface area contributed by atoms with Crippen LogP contribution in [0.25, 0.3) is 0 Å². The smallest absolute Gasteiger partial charge is 0.330 e. The molecule has 28 heavy (non-hydrogen) atoms. The Balaban J connectivity index is 1.45. The molecule has 1 amide bonds. The summed E-state index contributed by atoms with van der Waals surface area (Å²) in [7, 11) is 0. The van der Waals surface area contributed by atoms with Gasteiger partial charge in [0.1, 0.15) is 5.82 Å². The van der Waals surface area contributed by atoms with Crippen molar-refractivity contribution in [1.29, 1.82) is 0 Å². The molecule has 1 aromatic carbocycles. The lowest BCUT2D eigenvalue weighted by atomic mass is 9.95. The van der Waals surface area contributed by atoms with Crippen molar-refractivity contribution < 1.29 is 4.79 Å². The molecule has 1 saturated carbocycles. The number of aromatic nitrogens is 2. The van der Waals surface area contributed by atoms with E-state index in [1.165, 1.54) is 17.1 Å². The first-order valence-electron chi connectivity index (χ1n) is 10.1. The number of carbonyl (C=O) groups excluding carboxylic acids is 1. The minimum atomic E-state index is -0.322. The van der Waals surface area contributed by atoms with E-state index >= 15 is 0 Å². The number of aromatic amines is 1.